The summed E-state index contributed by atoms with van der Waals surface area (Å²) in [7, 11) is 0. The molecule has 0 aromatic heterocycles. The quantitative estimate of drug-likeness (QED) is 0.719. The summed E-state index contributed by atoms with van der Waals surface area (Å²) in [6.45, 7) is 7.06. The molecule has 20 heavy (non-hydrogen) atoms. The summed E-state index contributed by atoms with van der Waals surface area (Å²) in [6.07, 6.45) is 10.8. The maximum absolute atomic E-state index is 12.1. The van der Waals surface area contributed by atoms with Crippen LogP contribution in [0.4, 0.5) is 0 Å². The predicted molar refractivity (Wildman–Crippen MR) is 81.7 cm³/mol. The van der Waals surface area contributed by atoms with E-state index in [4.69, 9.17) is 4.74 Å². The minimum Gasteiger partial charge on any atom is -0.466 e. The van der Waals surface area contributed by atoms with Crippen LogP contribution in [0, 0.1) is 5.92 Å². The van der Waals surface area contributed by atoms with Crippen LogP contribution in [0.2, 0.25) is 0 Å². The number of likely N-dealkylation sites (tertiary alicyclic amines) is 1. The van der Waals surface area contributed by atoms with Crippen LogP contribution in [0.25, 0.3) is 0 Å². The van der Waals surface area contributed by atoms with Gasteiger partial charge >= 0.3 is 5.97 Å². The van der Waals surface area contributed by atoms with E-state index in [-0.39, 0.29) is 11.5 Å². The normalized spacial score (nSPS) is 32.0. The smallest absolute Gasteiger partial charge is 0.307 e. The molecule has 0 bridgehead atoms. The highest BCUT2D eigenvalue weighted by atomic mass is 16.5. The molecule has 3 heteroatoms. The van der Waals surface area contributed by atoms with Gasteiger partial charge in [-0.1, -0.05) is 32.6 Å². The number of hydrogen-bond acceptors (Lipinski definition) is 3. The van der Waals surface area contributed by atoms with Crippen LogP contribution in [0.5, 0.6) is 0 Å². The van der Waals surface area contributed by atoms with Gasteiger partial charge in [0.05, 0.1) is 13.0 Å². The molecule has 1 saturated heterocycles. The molecule has 1 aliphatic heterocycles. The van der Waals surface area contributed by atoms with Gasteiger partial charge in [0.2, 0.25) is 0 Å². The minimum atomic E-state index is 0.00910. The Labute approximate surface area is 124 Å². The lowest BCUT2D eigenvalue weighted by molar-refractivity contribution is -0.148. The van der Waals surface area contributed by atoms with Crippen molar-refractivity contribution in [3.8, 4) is 0 Å². The molecule has 0 radical (unpaired) electrons. The number of rotatable bonds is 5. The molecule has 1 heterocycles. The Bertz CT molecular complexity index is 312. The van der Waals surface area contributed by atoms with Gasteiger partial charge in [-0.25, -0.2) is 0 Å². The molecule has 0 aromatic rings. The predicted octanol–water partition coefficient (Wildman–Crippen LogP) is 3.76. The molecule has 2 rings (SSSR count). The molecule has 3 nitrogen and oxygen atoms in total. The van der Waals surface area contributed by atoms with E-state index >= 15 is 0 Å². The molecule has 0 amide bonds. The lowest BCUT2D eigenvalue weighted by Gasteiger charge is -2.49. The van der Waals surface area contributed by atoms with Crippen LogP contribution >= 0.6 is 0 Å². The molecule has 0 aromatic carbocycles. The van der Waals surface area contributed by atoms with Gasteiger partial charge in [0.15, 0.2) is 0 Å². The van der Waals surface area contributed by atoms with Crippen LogP contribution in [0.3, 0.4) is 0 Å². The van der Waals surface area contributed by atoms with Gasteiger partial charge in [-0.3, -0.25) is 9.69 Å². The van der Waals surface area contributed by atoms with Crippen molar-refractivity contribution in [3.63, 3.8) is 0 Å². The van der Waals surface area contributed by atoms with Gasteiger partial charge in [-0.2, -0.15) is 0 Å². The second kappa shape index (κ2) is 7.44. The number of piperidine rings is 1. The van der Waals surface area contributed by atoms with Crippen molar-refractivity contribution in [1.82, 2.24) is 4.90 Å². The van der Waals surface area contributed by atoms with E-state index in [2.05, 4.69) is 11.8 Å². The summed E-state index contributed by atoms with van der Waals surface area (Å²) in [5.74, 6) is 0.801. The zero-order valence-corrected chi connectivity index (χ0v) is 13.3. The van der Waals surface area contributed by atoms with Gasteiger partial charge in [-0.05, 0) is 51.6 Å². The molecule has 116 valence electrons. The molecular weight excluding hydrogens is 250 g/mol. The monoisotopic (exact) mass is 281 g/mol. The van der Waals surface area contributed by atoms with E-state index in [1.807, 2.05) is 6.92 Å². The number of carbonyl (C=O) groups is 1. The van der Waals surface area contributed by atoms with E-state index in [1.165, 1.54) is 64.5 Å². The molecule has 1 saturated carbocycles. The molecule has 2 unspecified atom stereocenters. The SMILES string of the molecule is CCOC(=O)CC1(N2CCCCC2)CCCC(CC)C1. The maximum Gasteiger partial charge on any atom is 0.307 e. The van der Waals surface area contributed by atoms with Crippen molar-refractivity contribution in [2.45, 2.75) is 77.2 Å². The average Bonchev–Trinajstić information content (AvgIpc) is 2.48. The minimum absolute atomic E-state index is 0.00910. The Morgan fingerprint density at radius 1 is 1.20 bits per heavy atom. The molecule has 2 atom stereocenters. The fourth-order valence-corrected chi connectivity index (χ4v) is 4.22. The highest BCUT2D eigenvalue weighted by molar-refractivity contribution is 5.71. The summed E-state index contributed by atoms with van der Waals surface area (Å²) in [4.78, 5) is 14.7. The third-order valence-electron chi connectivity index (χ3n) is 5.31. The van der Waals surface area contributed by atoms with Crippen molar-refractivity contribution in [2.24, 2.45) is 5.92 Å². The molecule has 2 aliphatic rings. The third-order valence-corrected chi connectivity index (χ3v) is 5.31. The van der Waals surface area contributed by atoms with Crippen molar-refractivity contribution in [2.75, 3.05) is 19.7 Å². The number of carbonyl (C=O) groups excluding carboxylic acids is 1. The second-order valence-corrected chi connectivity index (χ2v) is 6.62. The van der Waals surface area contributed by atoms with Crippen LogP contribution in [-0.2, 0) is 9.53 Å². The van der Waals surface area contributed by atoms with Gasteiger partial charge in [0.25, 0.3) is 0 Å². The average molecular weight is 281 g/mol. The maximum atomic E-state index is 12.1. The standard InChI is InChI=1S/C17H31NO2/c1-3-15-9-8-10-17(13-15,14-16(19)20-4-2)18-11-6-5-7-12-18/h15H,3-14H2,1-2H3. The van der Waals surface area contributed by atoms with E-state index < -0.39 is 0 Å². The van der Waals surface area contributed by atoms with Gasteiger partial charge in [0, 0.05) is 5.54 Å². The van der Waals surface area contributed by atoms with Crippen LogP contribution in [-0.4, -0.2) is 36.1 Å². The zero-order valence-electron chi connectivity index (χ0n) is 13.3. The van der Waals surface area contributed by atoms with Gasteiger partial charge in [0.1, 0.15) is 0 Å². The second-order valence-electron chi connectivity index (χ2n) is 6.62. The number of nitrogens with zero attached hydrogens (tertiary/aromatic N) is 1. The Morgan fingerprint density at radius 2 is 1.95 bits per heavy atom. The molecule has 0 N–H and O–H groups in total. The van der Waals surface area contributed by atoms with E-state index in [0.717, 1.165) is 5.92 Å². The molecule has 2 fully saturated rings. The van der Waals surface area contributed by atoms with E-state index in [0.29, 0.717) is 13.0 Å². The largest absolute Gasteiger partial charge is 0.466 e. The first kappa shape index (κ1) is 15.8. The Kier molecular flexibility index (Phi) is 5.88. The van der Waals surface area contributed by atoms with Gasteiger partial charge in [-0.15, -0.1) is 0 Å². The first-order chi connectivity index (χ1) is 9.70. The van der Waals surface area contributed by atoms with Crippen LogP contribution in [0.15, 0.2) is 0 Å². The van der Waals surface area contributed by atoms with E-state index in [1.54, 1.807) is 0 Å². The number of hydrogen-bond donors (Lipinski definition) is 0. The lowest BCUT2D eigenvalue weighted by Crippen LogP contribution is -2.54. The molecule has 1 aliphatic carbocycles. The van der Waals surface area contributed by atoms with Crippen LogP contribution in [0.1, 0.15) is 71.6 Å². The molecular formula is C17H31NO2. The summed E-state index contributed by atoms with van der Waals surface area (Å²) >= 11 is 0. The zero-order chi connectivity index (χ0) is 14.4. The van der Waals surface area contributed by atoms with Crippen molar-refractivity contribution >= 4 is 5.97 Å². The topological polar surface area (TPSA) is 29.5 Å². The Balaban J connectivity index is 2.10. The summed E-state index contributed by atoms with van der Waals surface area (Å²) in [5.41, 5.74) is 0.103. The number of ether oxygens (including phenoxy) is 1. The van der Waals surface area contributed by atoms with Crippen molar-refractivity contribution < 1.29 is 9.53 Å². The van der Waals surface area contributed by atoms with Gasteiger partial charge < -0.3 is 4.74 Å². The van der Waals surface area contributed by atoms with Crippen molar-refractivity contribution in [3.05, 3.63) is 0 Å². The fourth-order valence-electron chi connectivity index (χ4n) is 4.22. The first-order valence-corrected chi connectivity index (χ1v) is 8.61. The van der Waals surface area contributed by atoms with Crippen LogP contribution < -0.4 is 0 Å². The summed E-state index contributed by atoms with van der Waals surface area (Å²) in [6, 6.07) is 0. The number of esters is 1. The summed E-state index contributed by atoms with van der Waals surface area (Å²) in [5, 5.41) is 0. The highest BCUT2D eigenvalue weighted by Crippen LogP contribution is 2.42. The Morgan fingerprint density at radius 3 is 2.60 bits per heavy atom. The summed E-state index contributed by atoms with van der Waals surface area (Å²) < 4.78 is 5.26. The third kappa shape index (κ3) is 3.75. The fraction of sp³-hybridized carbons (Fsp3) is 0.941. The Hall–Kier alpha value is -0.570. The molecule has 0 spiro atoms. The highest BCUT2D eigenvalue weighted by Gasteiger charge is 2.42. The van der Waals surface area contributed by atoms with E-state index in [9.17, 15) is 4.79 Å². The first-order valence-electron chi connectivity index (χ1n) is 8.61. The lowest BCUT2D eigenvalue weighted by atomic mass is 9.71. The van der Waals surface area contributed by atoms with Crippen molar-refractivity contribution in [1.29, 1.82) is 0 Å².